The first-order valence-electron chi connectivity index (χ1n) is 9.05. The van der Waals surface area contributed by atoms with E-state index in [9.17, 15) is 9.59 Å². The van der Waals surface area contributed by atoms with Crippen LogP contribution in [-0.4, -0.2) is 43.6 Å². The molecule has 0 aromatic heterocycles. The number of esters is 1. The van der Waals surface area contributed by atoms with E-state index in [4.69, 9.17) is 9.47 Å². The Balaban J connectivity index is 1.38. The van der Waals surface area contributed by atoms with E-state index in [0.29, 0.717) is 23.1 Å². The van der Waals surface area contributed by atoms with Gasteiger partial charge in [-0.15, -0.1) is 23.5 Å². The molecule has 3 rings (SSSR count). The predicted molar refractivity (Wildman–Crippen MR) is 114 cm³/mol. The fourth-order valence-electron chi connectivity index (χ4n) is 2.73. The number of benzene rings is 2. The van der Waals surface area contributed by atoms with Gasteiger partial charge in [0.15, 0.2) is 6.61 Å². The van der Waals surface area contributed by atoms with Crippen LogP contribution in [0.25, 0.3) is 0 Å². The lowest BCUT2D eigenvalue weighted by Crippen LogP contribution is -2.30. The minimum Gasteiger partial charge on any atom is -0.497 e. The summed E-state index contributed by atoms with van der Waals surface area (Å²) in [6.45, 7) is 0.200. The molecule has 2 aromatic rings. The number of hydrogen-bond acceptors (Lipinski definition) is 6. The van der Waals surface area contributed by atoms with E-state index in [2.05, 4.69) is 5.32 Å². The van der Waals surface area contributed by atoms with Gasteiger partial charge in [-0.05, 0) is 41.8 Å². The smallest absolute Gasteiger partial charge is 0.338 e. The lowest BCUT2D eigenvalue weighted by Gasteiger charge is -2.10. The number of carbonyl (C=O) groups excluding carboxylic acids is 2. The van der Waals surface area contributed by atoms with E-state index in [1.54, 1.807) is 19.2 Å². The Morgan fingerprint density at radius 1 is 1.04 bits per heavy atom. The highest BCUT2D eigenvalue weighted by Gasteiger charge is 2.18. The molecule has 2 aromatic carbocycles. The van der Waals surface area contributed by atoms with Crippen molar-refractivity contribution in [3.8, 4) is 5.75 Å². The van der Waals surface area contributed by atoms with Crippen LogP contribution < -0.4 is 10.1 Å². The van der Waals surface area contributed by atoms with Crippen LogP contribution in [-0.2, 0) is 16.0 Å². The Labute approximate surface area is 173 Å². The van der Waals surface area contributed by atoms with Gasteiger partial charge in [-0.25, -0.2) is 4.79 Å². The van der Waals surface area contributed by atoms with Crippen molar-refractivity contribution in [3.63, 3.8) is 0 Å². The van der Waals surface area contributed by atoms with Gasteiger partial charge in [0, 0.05) is 18.1 Å². The van der Waals surface area contributed by atoms with Crippen molar-refractivity contribution in [2.75, 3.05) is 31.8 Å². The van der Waals surface area contributed by atoms with Gasteiger partial charge >= 0.3 is 5.97 Å². The highest BCUT2D eigenvalue weighted by atomic mass is 32.2. The molecule has 1 fully saturated rings. The van der Waals surface area contributed by atoms with Crippen molar-refractivity contribution < 1.29 is 19.1 Å². The SMILES string of the molecule is COc1ccc(CCNC(=O)COC(=O)c2ccc(C3SCCS3)cc2)cc1. The molecule has 1 aliphatic rings. The zero-order chi connectivity index (χ0) is 19.8. The van der Waals surface area contributed by atoms with Gasteiger partial charge in [-0.3, -0.25) is 4.79 Å². The number of thioether (sulfide) groups is 2. The summed E-state index contributed by atoms with van der Waals surface area (Å²) in [5, 5.41) is 2.76. The van der Waals surface area contributed by atoms with Gasteiger partial charge in [0.1, 0.15) is 5.75 Å². The minimum absolute atomic E-state index is 0.280. The van der Waals surface area contributed by atoms with Crippen LogP contribution in [0.15, 0.2) is 48.5 Å². The molecule has 0 unspecified atom stereocenters. The van der Waals surface area contributed by atoms with E-state index >= 15 is 0 Å². The Hall–Kier alpha value is -2.12. The second-order valence-corrected chi connectivity index (χ2v) is 8.94. The molecule has 0 atom stereocenters. The molecular formula is C21H23NO4S2. The summed E-state index contributed by atoms with van der Waals surface area (Å²) >= 11 is 3.84. The van der Waals surface area contributed by atoms with Crippen LogP contribution in [0, 0.1) is 0 Å². The Kier molecular flexibility index (Phi) is 7.68. The van der Waals surface area contributed by atoms with E-state index in [0.717, 1.165) is 22.8 Å². The molecule has 0 radical (unpaired) electrons. The van der Waals surface area contributed by atoms with E-state index < -0.39 is 5.97 Å². The summed E-state index contributed by atoms with van der Waals surface area (Å²) in [6.07, 6.45) is 0.697. The molecule has 28 heavy (non-hydrogen) atoms. The molecule has 148 valence electrons. The molecule has 0 spiro atoms. The highest BCUT2D eigenvalue weighted by molar-refractivity contribution is 8.19. The maximum atomic E-state index is 12.1. The van der Waals surface area contributed by atoms with Crippen molar-refractivity contribution in [1.29, 1.82) is 0 Å². The van der Waals surface area contributed by atoms with Crippen molar-refractivity contribution in [3.05, 3.63) is 65.2 Å². The highest BCUT2D eigenvalue weighted by Crippen LogP contribution is 2.45. The summed E-state index contributed by atoms with van der Waals surface area (Å²) in [7, 11) is 1.62. The van der Waals surface area contributed by atoms with E-state index in [1.165, 1.54) is 5.56 Å². The number of carbonyl (C=O) groups is 2. The van der Waals surface area contributed by atoms with Gasteiger partial charge in [0.2, 0.25) is 0 Å². The van der Waals surface area contributed by atoms with Crippen molar-refractivity contribution in [2.45, 2.75) is 11.0 Å². The van der Waals surface area contributed by atoms with Crippen LogP contribution in [0.3, 0.4) is 0 Å². The molecule has 1 aliphatic heterocycles. The number of ether oxygens (including phenoxy) is 2. The number of amides is 1. The first-order chi connectivity index (χ1) is 13.7. The topological polar surface area (TPSA) is 64.6 Å². The number of nitrogens with one attached hydrogen (secondary N) is 1. The third kappa shape index (κ3) is 5.94. The minimum atomic E-state index is -0.483. The summed E-state index contributed by atoms with van der Waals surface area (Å²) in [5.74, 6) is 2.33. The summed E-state index contributed by atoms with van der Waals surface area (Å²) < 4.78 is 10.7. The van der Waals surface area contributed by atoms with Gasteiger partial charge < -0.3 is 14.8 Å². The van der Waals surface area contributed by atoms with Crippen molar-refractivity contribution >= 4 is 35.4 Å². The average molecular weight is 418 g/mol. The quantitative estimate of drug-likeness (QED) is 0.661. The third-order valence-electron chi connectivity index (χ3n) is 4.27. The predicted octanol–water partition coefficient (Wildman–Crippen LogP) is 3.69. The third-order valence-corrected chi connectivity index (χ3v) is 7.37. The molecule has 1 amide bonds. The van der Waals surface area contributed by atoms with Crippen LogP contribution in [0.1, 0.15) is 26.1 Å². The summed E-state index contributed by atoms with van der Waals surface area (Å²) in [4.78, 5) is 24.0. The fraction of sp³-hybridized carbons (Fsp3) is 0.333. The first kappa shape index (κ1) is 20.6. The first-order valence-corrected chi connectivity index (χ1v) is 11.2. The summed E-state index contributed by atoms with van der Waals surface area (Å²) in [6, 6.07) is 15.1. The fourth-order valence-corrected chi connectivity index (χ4v) is 5.59. The van der Waals surface area contributed by atoms with Gasteiger partial charge in [0.25, 0.3) is 5.91 Å². The molecule has 0 bridgehead atoms. The zero-order valence-electron chi connectivity index (χ0n) is 15.7. The normalized spacial score (nSPS) is 13.9. The Morgan fingerprint density at radius 3 is 2.36 bits per heavy atom. The van der Waals surface area contributed by atoms with E-state index in [-0.39, 0.29) is 12.5 Å². The average Bonchev–Trinajstić information content (AvgIpc) is 3.27. The van der Waals surface area contributed by atoms with Crippen LogP contribution in [0.5, 0.6) is 5.75 Å². The molecule has 1 heterocycles. The monoisotopic (exact) mass is 417 g/mol. The molecule has 1 N–H and O–H groups in total. The standard InChI is InChI=1S/C21H23NO4S2/c1-25-18-8-2-15(3-9-18)10-11-22-19(23)14-26-20(24)16-4-6-17(7-5-16)21-27-12-13-28-21/h2-9,21H,10-14H2,1H3,(H,22,23). The largest absolute Gasteiger partial charge is 0.497 e. The number of methoxy groups -OCH3 is 1. The van der Waals surface area contributed by atoms with Crippen molar-refractivity contribution in [1.82, 2.24) is 5.32 Å². The Bertz CT molecular complexity index is 787. The van der Waals surface area contributed by atoms with Crippen LogP contribution in [0.4, 0.5) is 0 Å². The molecule has 5 nitrogen and oxygen atoms in total. The van der Waals surface area contributed by atoms with Gasteiger partial charge in [-0.2, -0.15) is 0 Å². The summed E-state index contributed by atoms with van der Waals surface area (Å²) in [5.41, 5.74) is 2.76. The Morgan fingerprint density at radius 2 is 1.71 bits per heavy atom. The van der Waals surface area contributed by atoms with Crippen molar-refractivity contribution in [2.24, 2.45) is 0 Å². The second-order valence-electron chi connectivity index (χ2n) is 6.22. The molecule has 7 heteroatoms. The van der Waals surface area contributed by atoms with Gasteiger partial charge in [-0.1, -0.05) is 24.3 Å². The maximum Gasteiger partial charge on any atom is 0.338 e. The molecular weight excluding hydrogens is 394 g/mol. The lowest BCUT2D eigenvalue weighted by molar-refractivity contribution is -0.124. The zero-order valence-corrected chi connectivity index (χ0v) is 17.3. The molecule has 0 saturated carbocycles. The number of hydrogen-bond donors (Lipinski definition) is 1. The maximum absolute atomic E-state index is 12.1. The van der Waals surface area contributed by atoms with Crippen LogP contribution >= 0.6 is 23.5 Å². The van der Waals surface area contributed by atoms with Gasteiger partial charge in [0.05, 0.1) is 17.3 Å². The lowest BCUT2D eigenvalue weighted by atomic mass is 10.1. The second kappa shape index (κ2) is 10.4. The molecule has 0 aliphatic carbocycles. The number of rotatable bonds is 8. The van der Waals surface area contributed by atoms with E-state index in [1.807, 2.05) is 59.9 Å². The molecule has 1 saturated heterocycles. The van der Waals surface area contributed by atoms with Crippen LogP contribution in [0.2, 0.25) is 0 Å².